The third-order valence-corrected chi connectivity index (χ3v) is 5.93. The Hall–Kier alpha value is -3.81. The maximum Gasteiger partial charge on any atom is 0.408 e. The molecule has 0 saturated heterocycles. The molecule has 3 atom stereocenters. The lowest BCUT2D eigenvalue weighted by Gasteiger charge is -2.35. The second-order valence-electron chi connectivity index (χ2n) is 10.1. The van der Waals surface area contributed by atoms with Gasteiger partial charge in [-0.05, 0) is 62.9 Å². The van der Waals surface area contributed by atoms with E-state index in [4.69, 9.17) is 4.74 Å². The Morgan fingerprint density at radius 1 is 1.11 bits per heavy atom. The molecule has 0 bridgehead atoms. The monoisotopic (exact) mass is 509 g/mol. The van der Waals surface area contributed by atoms with Gasteiger partial charge in [0.25, 0.3) is 5.91 Å². The minimum Gasteiger partial charge on any atom is -0.508 e. The van der Waals surface area contributed by atoms with Gasteiger partial charge in [-0.15, -0.1) is 6.58 Å². The highest BCUT2D eigenvalue weighted by molar-refractivity contribution is 5.99. The maximum absolute atomic E-state index is 14.0. The Balaban J connectivity index is 2.52. The molecule has 0 saturated carbocycles. The molecule has 0 fully saturated rings. The van der Waals surface area contributed by atoms with Crippen LogP contribution in [0.25, 0.3) is 0 Å². The van der Waals surface area contributed by atoms with E-state index < -0.39 is 35.6 Å². The number of alkyl carbamates (subject to hydrolysis) is 1. The Bertz CT molecular complexity index is 1090. The molecule has 0 aliphatic heterocycles. The SMILES string of the molecule is C=CCN(C(=O)C(NC(=O)OC(C)(C)C)C(C)CC)C(C(=O)Nc1ccccc1C)c1ccc(O)cc1. The first-order chi connectivity index (χ1) is 17.4. The second kappa shape index (κ2) is 12.9. The molecule has 0 radical (unpaired) electrons. The Morgan fingerprint density at radius 3 is 2.27 bits per heavy atom. The van der Waals surface area contributed by atoms with E-state index in [2.05, 4.69) is 17.2 Å². The zero-order valence-corrected chi connectivity index (χ0v) is 22.6. The summed E-state index contributed by atoms with van der Waals surface area (Å²) in [6.45, 7) is 14.7. The van der Waals surface area contributed by atoms with Crippen molar-refractivity contribution in [1.82, 2.24) is 10.2 Å². The molecule has 200 valence electrons. The summed E-state index contributed by atoms with van der Waals surface area (Å²) < 4.78 is 5.40. The number of nitrogens with zero attached hydrogens (tertiary/aromatic N) is 1. The number of rotatable bonds is 10. The number of aryl methyl sites for hydroxylation is 1. The van der Waals surface area contributed by atoms with E-state index in [9.17, 15) is 19.5 Å². The minimum absolute atomic E-state index is 0.0347. The van der Waals surface area contributed by atoms with Crippen LogP contribution in [-0.2, 0) is 14.3 Å². The Morgan fingerprint density at radius 2 is 1.73 bits per heavy atom. The molecule has 0 spiro atoms. The van der Waals surface area contributed by atoms with Gasteiger partial charge in [-0.25, -0.2) is 4.79 Å². The zero-order chi connectivity index (χ0) is 27.8. The number of aromatic hydroxyl groups is 1. The number of ether oxygens (including phenoxy) is 1. The summed E-state index contributed by atoms with van der Waals surface area (Å²) in [5.41, 5.74) is 1.24. The van der Waals surface area contributed by atoms with Crippen molar-refractivity contribution < 1.29 is 24.2 Å². The molecule has 37 heavy (non-hydrogen) atoms. The fourth-order valence-electron chi connectivity index (χ4n) is 3.80. The van der Waals surface area contributed by atoms with Gasteiger partial charge in [0.05, 0.1) is 0 Å². The molecular formula is C29H39N3O5. The number of carbonyl (C=O) groups excluding carboxylic acids is 3. The van der Waals surface area contributed by atoms with Crippen molar-refractivity contribution in [2.45, 2.75) is 65.6 Å². The number of phenols is 1. The molecular weight excluding hydrogens is 470 g/mol. The number of carbonyl (C=O) groups is 3. The van der Waals surface area contributed by atoms with E-state index in [0.717, 1.165) is 5.56 Å². The van der Waals surface area contributed by atoms with Crippen LogP contribution in [0, 0.1) is 12.8 Å². The standard InChI is InChI=1S/C29H39N3O5/c1-8-18-32(27(35)24(19(3)9-2)31-28(36)37-29(5,6)7)25(21-14-16-22(33)17-15-21)26(34)30-23-13-11-10-12-20(23)4/h8,10-17,19,24-25,33H,1,9,18H2,2-7H3,(H,30,34)(H,31,36). The lowest BCUT2D eigenvalue weighted by atomic mass is 9.95. The molecule has 0 aliphatic rings. The van der Waals surface area contributed by atoms with Crippen molar-refractivity contribution in [3.8, 4) is 5.75 Å². The summed E-state index contributed by atoms with van der Waals surface area (Å²) in [6, 6.07) is 11.5. The van der Waals surface area contributed by atoms with Crippen LogP contribution < -0.4 is 10.6 Å². The van der Waals surface area contributed by atoms with Crippen LogP contribution in [0.4, 0.5) is 10.5 Å². The number of hydrogen-bond acceptors (Lipinski definition) is 5. The van der Waals surface area contributed by atoms with E-state index in [-0.39, 0.29) is 18.2 Å². The summed E-state index contributed by atoms with van der Waals surface area (Å²) in [5, 5.41) is 15.5. The molecule has 8 nitrogen and oxygen atoms in total. The number of hydrogen-bond donors (Lipinski definition) is 3. The molecule has 2 rings (SSSR count). The van der Waals surface area contributed by atoms with Gasteiger partial charge < -0.3 is 25.4 Å². The highest BCUT2D eigenvalue weighted by Crippen LogP contribution is 2.28. The van der Waals surface area contributed by atoms with E-state index in [1.165, 1.54) is 23.1 Å². The molecule has 8 heteroatoms. The zero-order valence-electron chi connectivity index (χ0n) is 22.6. The van der Waals surface area contributed by atoms with E-state index >= 15 is 0 Å². The van der Waals surface area contributed by atoms with Crippen LogP contribution in [0.5, 0.6) is 5.75 Å². The number of benzene rings is 2. The van der Waals surface area contributed by atoms with Crippen molar-refractivity contribution in [3.05, 3.63) is 72.3 Å². The van der Waals surface area contributed by atoms with Crippen molar-refractivity contribution in [1.29, 1.82) is 0 Å². The van der Waals surface area contributed by atoms with Gasteiger partial charge in [0.2, 0.25) is 5.91 Å². The number of para-hydroxylation sites is 1. The van der Waals surface area contributed by atoms with E-state index in [0.29, 0.717) is 17.7 Å². The fraction of sp³-hybridized carbons (Fsp3) is 0.414. The van der Waals surface area contributed by atoms with Crippen LogP contribution >= 0.6 is 0 Å². The molecule has 3 N–H and O–H groups in total. The first-order valence-electron chi connectivity index (χ1n) is 12.4. The predicted molar refractivity (Wildman–Crippen MR) is 145 cm³/mol. The highest BCUT2D eigenvalue weighted by atomic mass is 16.6. The second-order valence-corrected chi connectivity index (χ2v) is 10.1. The van der Waals surface area contributed by atoms with E-state index in [1.54, 1.807) is 39.0 Å². The molecule has 3 unspecified atom stereocenters. The quantitative estimate of drug-likeness (QED) is 0.375. The average molecular weight is 510 g/mol. The van der Waals surface area contributed by atoms with Crippen molar-refractivity contribution >= 4 is 23.6 Å². The van der Waals surface area contributed by atoms with Crippen LogP contribution in [0.1, 0.15) is 58.2 Å². The van der Waals surface area contributed by atoms with Gasteiger partial charge in [-0.1, -0.05) is 56.7 Å². The average Bonchev–Trinajstić information content (AvgIpc) is 2.82. The van der Waals surface area contributed by atoms with Crippen LogP contribution in [0.3, 0.4) is 0 Å². The summed E-state index contributed by atoms with van der Waals surface area (Å²) in [4.78, 5) is 41.8. The van der Waals surface area contributed by atoms with Gasteiger partial charge in [0.1, 0.15) is 23.4 Å². The van der Waals surface area contributed by atoms with Gasteiger partial charge in [-0.3, -0.25) is 9.59 Å². The van der Waals surface area contributed by atoms with Crippen LogP contribution in [0.15, 0.2) is 61.2 Å². The largest absolute Gasteiger partial charge is 0.508 e. The third-order valence-electron chi connectivity index (χ3n) is 5.93. The lowest BCUT2D eigenvalue weighted by Crippen LogP contribution is -2.54. The van der Waals surface area contributed by atoms with Gasteiger partial charge in [0.15, 0.2) is 0 Å². The van der Waals surface area contributed by atoms with Crippen molar-refractivity contribution in [2.24, 2.45) is 5.92 Å². The number of amides is 3. The van der Waals surface area contributed by atoms with Crippen molar-refractivity contribution in [2.75, 3.05) is 11.9 Å². The van der Waals surface area contributed by atoms with E-state index in [1.807, 2.05) is 39.0 Å². The molecule has 3 amide bonds. The van der Waals surface area contributed by atoms with Gasteiger partial charge >= 0.3 is 6.09 Å². The van der Waals surface area contributed by atoms with Crippen LogP contribution in [-0.4, -0.2) is 46.1 Å². The lowest BCUT2D eigenvalue weighted by molar-refractivity contribution is -0.141. The number of nitrogens with one attached hydrogen (secondary N) is 2. The normalized spacial score (nSPS) is 13.6. The summed E-state index contributed by atoms with van der Waals surface area (Å²) >= 11 is 0. The topological polar surface area (TPSA) is 108 Å². The van der Waals surface area contributed by atoms with Crippen molar-refractivity contribution in [3.63, 3.8) is 0 Å². The summed E-state index contributed by atoms with van der Waals surface area (Å²) in [7, 11) is 0. The summed E-state index contributed by atoms with van der Waals surface area (Å²) in [6.07, 6.45) is 1.43. The third kappa shape index (κ3) is 8.37. The Labute approximate surface area is 219 Å². The van der Waals surface area contributed by atoms with Gasteiger partial charge in [0, 0.05) is 12.2 Å². The highest BCUT2D eigenvalue weighted by Gasteiger charge is 2.37. The fourth-order valence-corrected chi connectivity index (χ4v) is 3.80. The smallest absolute Gasteiger partial charge is 0.408 e. The summed E-state index contributed by atoms with van der Waals surface area (Å²) in [5.74, 6) is -1.09. The molecule has 2 aromatic rings. The molecule has 0 aromatic heterocycles. The molecule has 2 aromatic carbocycles. The molecule has 0 heterocycles. The Kier molecular flexibility index (Phi) is 10.3. The number of phenolic OH excluding ortho intramolecular Hbond substituents is 1. The van der Waals surface area contributed by atoms with Gasteiger partial charge in [-0.2, -0.15) is 0 Å². The van der Waals surface area contributed by atoms with Crippen LogP contribution in [0.2, 0.25) is 0 Å². The first-order valence-corrected chi connectivity index (χ1v) is 12.4. The minimum atomic E-state index is -1.06. The number of anilines is 1. The maximum atomic E-state index is 14.0. The first kappa shape index (κ1) is 29.4. The predicted octanol–water partition coefficient (Wildman–Crippen LogP) is 5.33. The molecule has 0 aliphatic carbocycles.